The van der Waals surface area contributed by atoms with Crippen molar-refractivity contribution in [3.63, 3.8) is 0 Å². The second kappa shape index (κ2) is 5.72. The molecule has 24 heavy (non-hydrogen) atoms. The van der Waals surface area contributed by atoms with E-state index in [1.165, 1.54) is 0 Å². The van der Waals surface area contributed by atoms with Gasteiger partial charge in [0.25, 0.3) is 11.8 Å². The van der Waals surface area contributed by atoms with Gasteiger partial charge in [0.2, 0.25) is 5.91 Å². The van der Waals surface area contributed by atoms with Crippen molar-refractivity contribution >= 4 is 17.7 Å². The molecule has 0 aromatic heterocycles. The third-order valence-electron chi connectivity index (χ3n) is 6.14. The Hall–Kier alpha value is -2.17. The average Bonchev–Trinajstić information content (AvgIpc) is 2.75. The molecule has 0 spiro atoms. The summed E-state index contributed by atoms with van der Waals surface area (Å²) in [5.74, 6) is -1.06. The van der Waals surface area contributed by atoms with Crippen molar-refractivity contribution in [3.05, 3.63) is 35.9 Å². The standard InChI is InChI=1S/C19H24N2O3/c1-18(2)14-11-12-19(18,3)17(24)21(16(14)23)20-15(22)10-9-13-7-5-4-6-8-13/h4-8,14H,9-12H2,1-3H3,(H,20,22)/t14-,19-/m0/s1. The number of nitrogens with one attached hydrogen (secondary N) is 1. The molecule has 1 saturated carbocycles. The van der Waals surface area contributed by atoms with Crippen LogP contribution in [0.1, 0.15) is 45.6 Å². The van der Waals surface area contributed by atoms with E-state index in [1.54, 1.807) is 0 Å². The monoisotopic (exact) mass is 328 g/mol. The molecule has 2 atom stereocenters. The molecule has 1 N–H and O–H groups in total. The molecule has 0 unspecified atom stereocenters. The second-order valence-electron chi connectivity index (χ2n) is 7.64. The first-order valence-corrected chi connectivity index (χ1v) is 8.49. The molecule has 5 heteroatoms. The van der Waals surface area contributed by atoms with E-state index in [-0.39, 0.29) is 35.5 Å². The lowest BCUT2D eigenvalue weighted by atomic mass is 9.63. The highest BCUT2D eigenvalue weighted by Crippen LogP contribution is 2.59. The Bertz CT molecular complexity index is 683. The summed E-state index contributed by atoms with van der Waals surface area (Å²) in [4.78, 5) is 37.7. The SMILES string of the molecule is CC1(C)[C@H]2CC[C@@]1(C)C(=O)N(NC(=O)CCc1ccccc1)C2=O. The van der Waals surface area contributed by atoms with Gasteiger partial charge in [-0.05, 0) is 30.2 Å². The number of piperidine rings is 1. The number of hydrogen-bond acceptors (Lipinski definition) is 3. The summed E-state index contributed by atoms with van der Waals surface area (Å²) in [7, 11) is 0. The summed E-state index contributed by atoms with van der Waals surface area (Å²) in [5.41, 5.74) is 2.63. The van der Waals surface area contributed by atoms with Gasteiger partial charge in [-0.15, -0.1) is 0 Å². The van der Waals surface area contributed by atoms with Crippen LogP contribution in [0.2, 0.25) is 0 Å². The molecule has 1 aliphatic heterocycles. The van der Waals surface area contributed by atoms with Crippen LogP contribution in [-0.2, 0) is 20.8 Å². The molecule has 1 heterocycles. The molecule has 128 valence electrons. The fourth-order valence-corrected chi connectivity index (χ4v) is 4.01. The number of imide groups is 1. The number of amides is 3. The Morgan fingerprint density at radius 3 is 2.54 bits per heavy atom. The number of carbonyl (C=O) groups excluding carboxylic acids is 3. The van der Waals surface area contributed by atoms with Gasteiger partial charge in [-0.1, -0.05) is 51.1 Å². The maximum absolute atomic E-state index is 12.8. The van der Waals surface area contributed by atoms with Crippen LogP contribution in [0.15, 0.2) is 30.3 Å². The first-order valence-electron chi connectivity index (χ1n) is 8.49. The van der Waals surface area contributed by atoms with Gasteiger partial charge in [0.05, 0.1) is 5.41 Å². The van der Waals surface area contributed by atoms with Crippen LogP contribution >= 0.6 is 0 Å². The Morgan fingerprint density at radius 1 is 1.21 bits per heavy atom. The van der Waals surface area contributed by atoms with Crippen LogP contribution in [-0.4, -0.2) is 22.7 Å². The normalized spacial score (nSPS) is 28.1. The number of hydrogen-bond donors (Lipinski definition) is 1. The molecule has 1 saturated heterocycles. The zero-order chi connectivity index (χ0) is 17.5. The smallest absolute Gasteiger partial charge is 0.254 e. The van der Waals surface area contributed by atoms with Crippen molar-refractivity contribution in [2.45, 2.75) is 46.5 Å². The van der Waals surface area contributed by atoms with Gasteiger partial charge in [0, 0.05) is 12.3 Å². The van der Waals surface area contributed by atoms with Gasteiger partial charge in [-0.3, -0.25) is 19.8 Å². The van der Waals surface area contributed by atoms with Crippen molar-refractivity contribution in [1.29, 1.82) is 0 Å². The Kier molecular flexibility index (Phi) is 3.98. The topological polar surface area (TPSA) is 66.5 Å². The van der Waals surface area contributed by atoms with Crippen LogP contribution in [0.4, 0.5) is 0 Å². The Balaban J connectivity index is 1.68. The van der Waals surface area contributed by atoms with Gasteiger partial charge >= 0.3 is 0 Å². The molecule has 0 radical (unpaired) electrons. The van der Waals surface area contributed by atoms with Gasteiger partial charge in [-0.25, -0.2) is 0 Å². The van der Waals surface area contributed by atoms with Crippen LogP contribution < -0.4 is 5.43 Å². The summed E-state index contributed by atoms with van der Waals surface area (Å²) < 4.78 is 0. The predicted octanol–water partition coefficient (Wildman–Crippen LogP) is 2.46. The lowest BCUT2D eigenvalue weighted by molar-refractivity contribution is -0.174. The second-order valence-corrected chi connectivity index (χ2v) is 7.64. The number of nitrogens with zero attached hydrogens (tertiary/aromatic N) is 1. The van der Waals surface area contributed by atoms with E-state index < -0.39 is 5.41 Å². The van der Waals surface area contributed by atoms with E-state index >= 15 is 0 Å². The van der Waals surface area contributed by atoms with Gasteiger partial charge in [0.1, 0.15) is 0 Å². The maximum atomic E-state index is 12.8. The molecule has 2 aliphatic rings. The van der Waals surface area contributed by atoms with Crippen LogP contribution in [0.3, 0.4) is 0 Å². The quantitative estimate of drug-likeness (QED) is 0.864. The average molecular weight is 328 g/mol. The van der Waals surface area contributed by atoms with Gasteiger partial charge < -0.3 is 0 Å². The van der Waals surface area contributed by atoms with Gasteiger partial charge in [-0.2, -0.15) is 5.01 Å². The molecular formula is C19H24N2O3. The fraction of sp³-hybridized carbons (Fsp3) is 0.526. The number of benzene rings is 1. The largest absolute Gasteiger partial charge is 0.273 e. The maximum Gasteiger partial charge on any atom is 0.254 e. The van der Waals surface area contributed by atoms with E-state index in [2.05, 4.69) is 5.43 Å². The van der Waals surface area contributed by atoms with Crippen molar-refractivity contribution < 1.29 is 14.4 Å². The zero-order valence-electron chi connectivity index (χ0n) is 14.5. The first kappa shape index (κ1) is 16.7. The molecule has 1 aromatic rings. The summed E-state index contributed by atoms with van der Waals surface area (Å²) in [6.07, 6.45) is 2.21. The van der Waals surface area contributed by atoms with E-state index in [4.69, 9.17) is 0 Å². The van der Waals surface area contributed by atoms with Crippen LogP contribution in [0.25, 0.3) is 0 Å². The number of hydrazine groups is 1. The molecule has 3 rings (SSSR count). The Labute approximate surface area is 142 Å². The van der Waals surface area contributed by atoms with E-state index in [1.807, 2.05) is 51.1 Å². The third-order valence-corrected chi connectivity index (χ3v) is 6.14. The van der Waals surface area contributed by atoms with Crippen LogP contribution in [0, 0.1) is 16.7 Å². The minimum absolute atomic E-state index is 0.213. The summed E-state index contributed by atoms with van der Waals surface area (Å²) >= 11 is 0. The van der Waals surface area contributed by atoms with E-state index in [0.29, 0.717) is 19.3 Å². The lowest BCUT2D eigenvalue weighted by Crippen LogP contribution is -2.64. The van der Waals surface area contributed by atoms with Crippen molar-refractivity contribution in [2.75, 3.05) is 0 Å². The summed E-state index contributed by atoms with van der Waals surface area (Å²) in [6, 6.07) is 9.67. The minimum atomic E-state index is -0.599. The highest BCUT2D eigenvalue weighted by atomic mass is 16.2. The third kappa shape index (κ3) is 2.43. The molecule has 2 fully saturated rings. The van der Waals surface area contributed by atoms with Crippen molar-refractivity contribution in [1.82, 2.24) is 10.4 Å². The molecule has 1 aromatic carbocycles. The number of aryl methyl sites for hydroxylation is 1. The zero-order valence-corrected chi connectivity index (χ0v) is 14.5. The molecule has 2 bridgehead atoms. The minimum Gasteiger partial charge on any atom is -0.273 e. The molecule has 3 amide bonds. The number of rotatable bonds is 4. The van der Waals surface area contributed by atoms with Crippen LogP contribution in [0.5, 0.6) is 0 Å². The van der Waals surface area contributed by atoms with Crippen molar-refractivity contribution in [3.8, 4) is 0 Å². The highest BCUT2D eigenvalue weighted by Gasteiger charge is 2.64. The summed E-state index contributed by atoms with van der Waals surface area (Å²) in [6.45, 7) is 5.87. The highest BCUT2D eigenvalue weighted by molar-refractivity contribution is 6.04. The number of carbonyl (C=O) groups is 3. The van der Waals surface area contributed by atoms with E-state index in [0.717, 1.165) is 10.6 Å². The predicted molar refractivity (Wildman–Crippen MR) is 89.4 cm³/mol. The molecule has 1 aliphatic carbocycles. The number of fused-ring (bicyclic) bond motifs is 2. The summed E-state index contributed by atoms with van der Waals surface area (Å²) in [5, 5.41) is 0.982. The van der Waals surface area contributed by atoms with Gasteiger partial charge in [0.15, 0.2) is 0 Å². The fourth-order valence-electron chi connectivity index (χ4n) is 4.01. The van der Waals surface area contributed by atoms with E-state index in [9.17, 15) is 14.4 Å². The first-order chi connectivity index (χ1) is 11.3. The Morgan fingerprint density at radius 2 is 1.88 bits per heavy atom. The lowest BCUT2D eigenvalue weighted by Gasteiger charge is -2.47. The molecular weight excluding hydrogens is 304 g/mol. The molecule has 5 nitrogen and oxygen atoms in total. The van der Waals surface area contributed by atoms with Crippen molar-refractivity contribution in [2.24, 2.45) is 16.7 Å².